The van der Waals surface area contributed by atoms with Crippen molar-refractivity contribution in [1.82, 2.24) is 5.32 Å². The largest absolute Gasteiger partial charge is 0.384 e. The van der Waals surface area contributed by atoms with E-state index >= 15 is 0 Å². The molecule has 1 aromatic rings. The average molecular weight is 264 g/mol. The summed E-state index contributed by atoms with van der Waals surface area (Å²) in [4.78, 5) is 11.9. The molecule has 0 radical (unpaired) electrons. The van der Waals surface area contributed by atoms with Crippen LogP contribution in [0.2, 0.25) is 0 Å². The monoisotopic (exact) mass is 264 g/mol. The predicted molar refractivity (Wildman–Crippen MR) is 78.4 cm³/mol. The number of ether oxygens (including phenoxy) is 1. The third-order valence-electron chi connectivity index (χ3n) is 2.79. The number of amides is 1. The van der Waals surface area contributed by atoms with Crippen LogP contribution in [0.4, 0.5) is 5.69 Å². The first-order valence-electron chi connectivity index (χ1n) is 6.68. The van der Waals surface area contributed by atoms with Gasteiger partial charge < -0.3 is 15.4 Å². The first kappa shape index (κ1) is 15.5. The van der Waals surface area contributed by atoms with E-state index < -0.39 is 0 Å². The van der Waals surface area contributed by atoms with E-state index in [0.29, 0.717) is 6.61 Å². The highest BCUT2D eigenvalue weighted by Crippen LogP contribution is 2.16. The van der Waals surface area contributed by atoms with Crippen LogP contribution in [0.5, 0.6) is 0 Å². The van der Waals surface area contributed by atoms with Crippen molar-refractivity contribution >= 4 is 11.6 Å². The Balaban J connectivity index is 2.67. The summed E-state index contributed by atoms with van der Waals surface area (Å²) in [6.07, 6.45) is 0.832. The van der Waals surface area contributed by atoms with Gasteiger partial charge in [0.15, 0.2) is 0 Å². The third-order valence-corrected chi connectivity index (χ3v) is 2.79. The molecule has 0 spiro atoms. The number of anilines is 1. The smallest absolute Gasteiger partial charge is 0.242 e. The zero-order valence-electron chi connectivity index (χ0n) is 12.2. The molecule has 0 fully saturated rings. The maximum absolute atomic E-state index is 11.9. The van der Waals surface area contributed by atoms with Gasteiger partial charge in [0.2, 0.25) is 5.91 Å². The third kappa shape index (κ3) is 5.30. The Morgan fingerprint density at radius 2 is 1.95 bits per heavy atom. The minimum atomic E-state index is -0.258. The number of benzene rings is 1. The van der Waals surface area contributed by atoms with Crippen LogP contribution in [0.25, 0.3) is 0 Å². The highest BCUT2D eigenvalue weighted by molar-refractivity contribution is 5.84. The second-order valence-corrected chi connectivity index (χ2v) is 4.93. The van der Waals surface area contributed by atoms with E-state index in [0.717, 1.165) is 17.7 Å². The molecule has 106 valence electrons. The number of nitrogens with one attached hydrogen (secondary N) is 2. The summed E-state index contributed by atoms with van der Waals surface area (Å²) in [6.45, 7) is 6.45. The van der Waals surface area contributed by atoms with Crippen molar-refractivity contribution in [3.8, 4) is 0 Å². The fraction of sp³-hybridized carbons (Fsp3) is 0.533. The average Bonchev–Trinajstić information content (AvgIpc) is 2.36. The van der Waals surface area contributed by atoms with E-state index in [1.807, 2.05) is 39.0 Å². The number of hydrogen-bond donors (Lipinski definition) is 2. The summed E-state index contributed by atoms with van der Waals surface area (Å²) in [7, 11) is 1.69. The topological polar surface area (TPSA) is 50.4 Å². The Bertz CT molecular complexity index is 405. The maximum atomic E-state index is 11.9. The molecular weight excluding hydrogens is 240 g/mol. The molecular formula is C15H24N2O2. The van der Waals surface area contributed by atoms with E-state index in [1.54, 1.807) is 7.11 Å². The lowest BCUT2D eigenvalue weighted by Crippen LogP contribution is -2.41. The summed E-state index contributed by atoms with van der Waals surface area (Å²) in [5, 5.41) is 6.16. The number of hydrogen-bond acceptors (Lipinski definition) is 3. The van der Waals surface area contributed by atoms with Crippen molar-refractivity contribution < 1.29 is 9.53 Å². The Kier molecular flexibility index (Phi) is 6.36. The van der Waals surface area contributed by atoms with Crippen LogP contribution >= 0.6 is 0 Å². The molecule has 2 N–H and O–H groups in total. The molecule has 0 aromatic heterocycles. The lowest BCUT2D eigenvalue weighted by molar-refractivity contribution is -0.122. The van der Waals surface area contributed by atoms with E-state index in [9.17, 15) is 4.79 Å². The van der Waals surface area contributed by atoms with Gasteiger partial charge in [-0.1, -0.05) is 18.2 Å². The SMILES string of the molecule is COCCc1ccccc1NC(C)C(=O)NC(C)C. The molecule has 1 rings (SSSR count). The van der Waals surface area contributed by atoms with Crippen molar-refractivity contribution in [3.63, 3.8) is 0 Å². The zero-order chi connectivity index (χ0) is 14.3. The molecule has 4 nitrogen and oxygen atoms in total. The Morgan fingerprint density at radius 1 is 1.26 bits per heavy atom. The van der Waals surface area contributed by atoms with Gasteiger partial charge in [0.1, 0.15) is 6.04 Å². The number of para-hydroxylation sites is 1. The van der Waals surface area contributed by atoms with E-state index in [4.69, 9.17) is 4.74 Å². The highest BCUT2D eigenvalue weighted by atomic mass is 16.5. The van der Waals surface area contributed by atoms with Crippen LogP contribution in [0, 0.1) is 0 Å². The van der Waals surface area contributed by atoms with E-state index in [-0.39, 0.29) is 18.0 Å². The van der Waals surface area contributed by atoms with Gasteiger partial charge >= 0.3 is 0 Å². The van der Waals surface area contributed by atoms with Crippen molar-refractivity contribution in [2.24, 2.45) is 0 Å². The molecule has 19 heavy (non-hydrogen) atoms. The normalized spacial score (nSPS) is 12.3. The number of rotatable bonds is 7. The molecule has 1 atom stereocenters. The quantitative estimate of drug-likeness (QED) is 0.794. The van der Waals surface area contributed by atoms with Crippen LogP contribution in [0.1, 0.15) is 26.3 Å². The Hall–Kier alpha value is -1.55. The zero-order valence-corrected chi connectivity index (χ0v) is 12.2. The van der Waals surface area contributed by atoms with Gasteiger partial charge in [0.25, 0.3) is 0 Å². The van der Waals surface area contributed by atoms with Gasteiger partial charge in [-0.2, -0.15) is 0 Å². The molecule has 0 saturated heterocycles. The van der Waals surface area contributed by atoms with E-state index in [1.165, 1.54) is 0 Å². The molecule has 0 aliphatic carbocycles. The standard InChI is InChI=1S/C15H24N2O2/c1-11(2)16-15(18)12(3)17-14-8-6-5-7-13(14)9-10-19-4/h5-8,11-12,17H,9-10H2,1-4H3,(H,16,18). The van der Waals surface area contributed by atoms with Gasteiger partial charge in [-0.3, -0.25) is 4.79 Å². The van der Waals surface area contributed by atoms with E-state index in [2.05, 4.69) is 16.7 Å². The van der Waals surface area contributed by atoms with Crippen LogP contribution in [0.3, 0.4) is 0 Å². The molecule has 1 unspecified atom stereocenters. The Morgan fingerprint density at radius 3 is 2.58 bits per heavy atom. The Labute approximate surface area is 115 Å². The maximum Gasteiger partial charge on any atom is 0.242 e. The van der Waals surface area contributed by atoms with Gasteiger partial charge in [-0.25, -0.2) is 0 Å². The lowest BCUT2D eigenvalue weighted by atomic mass is 10.1. The number of carbonyl (C=O) groups is 1. The highest BCUT2D eigenvalue weighted by Gasteiger charge is 2.14. The van der Waals surface area contributed by atoms with Crippen molar-refractivity contribution in [1.29, 1.82) is 0 Å². The molecule has 0 saturated carbocycles. The van der Waals surface area contributed by atoms with Crippen LogP contribution in [0.15, 0.2) is 24.3 Å². The summed E-state index contributed by atoms with van der Waals surface area (Å²) in [5.41, 5.74) is 2.15. The van der Waals surface area contributed by atoms with Gasteiger partial charge in [-0.15, -0.1) is 0 Å². The summed E-state index contributed by atoms with van der Waals surface area (Å²) in [6, 6.07) is 7.89. The summed E-state index contributed by atoms with van der Waals surface area (Å²) in [5.74, 6) is 0.0107. The molecule has 0 aliphatic heterocycles. The molecule has 4 heteroatoms. The van der Waals surface area contributed by atoms with Crippen LogP contribution in [-0.2, 0) is 16.0 Å². The second kappa shape index (κ2) is 7.79. The second-order valence-electron chi connectivity index (χ2n) is 4.93. The molecule has 0 heterocycles. The first-order chi connectivity index (χ1) is 9.04. The molecule has 0 aliphatic rings. The fourth-order valence-corrected chi connectivity index (χ4v) is 1.80. The predicted octanol–water partition coefficient (Wildman–Crippen LogP) is 2.20. The van der Waals surface area contributed by atoms with Gasteiger partial charge in [-0.05, 0) is 38.8 Å². The molecule has 1 amide bonds. The van der Waals surface area contributed by atoms with Gasteiger partial charge in [0.05, 0.1) is 6.61 Å². The first-order valence-corrected chi connectivity index (χ1v) is 6.68. The van der Waals surface area contributed by atoms with Crippen molar-refractivity contribution in [3.05, 3.63) is 29.8 Å². The van der Waals surface area contributed by atoms with Crippen LogP contribution < -0.4 is 10.6 Å². The van der Waals surface area contributed by atoms with Gasteiger partial charge in [0, 0.05) is 18.8 Å². The minimum absolute atomic E-state index is 0.0107. The van der Waals surface area contributed by atoms with Crippen LogP contribution in [-0.4, -0.2) is 31.7 Å². The molecule has 1 aromatic carbocycles. The summed E-state index contributed by atoms with van der Waals surface area (Å²) < 4.78 is 5.10. The van der Waals surface area contributed by atoms with Crippen molar-refractivity contribution in [2.75, 3.05) is 19.0 Å². The fourth-order valence-electron chi connectivity index (χ4n) is 1.80. The number of carbonyl (C=O) groups excluding carboxylic acids is 1. The lowest BCUT2D eigenvalue weighted by Gasteiger charge is -2.19. The minimum Gasteiger partial charge on any atom is -0.384 e. The molecule has 0 bridgehead atoms. The van der Waals surface area contributed by atoms with Crippen molar-refractivity contribution in [2.45, 2.75) is 39.3 Å². The summed E-state index contributed by atoms with van der Waals surface area (Å²) >= 11 is 0. The number of methoxy groups -OCH3 is 1.